The number of aliphatic imine (C=N–C) groups is 1. The first-order valence-electron chi connectivity index (χ1n) is 5.09. The van der Waals surface area contributed by atoms with Crippen LogP contribution in [-0.2, 0) is 13.0 Å². The van der Waals surface area contributed by atoms with Gasteiger partial charge in [-0.15, -0.1) is 0 Å². The molecule has 2 heterocycles. The molecule has 0 aliphatic carbocycles. The van der Waals surface area contributed by atoms with Crippen molar-refractivity contribution in [3.05, 3.63) is 36.3 Å². The Morgan fingerprint density at radius 3 is 3.19 bits per heavy atom. The molecular formula is C12H12N4. The molecule has 2 rings (SSSR count). The fourth-order valence-corrected chi connectivity index (χ4v) is 1.79. The Morgan fingerprint density at radius 1 is 1.62 bits per heavy atom. The fraction of sp³-hybridized carbons (Fsp3) is 0.250. The second-order valence-electron chi connectivity index (χ2n) is 3.67. The summed E-state index contributed by atoms with van der Waals surface area (Å²) in [4.78, 5) is 3.91. The van der Waals surface area contributed by atoms with Gasteiger partial charge in [0.1, 0.15) is 11.8 Å². The largest absolute Gasteiger partial charge is 0.269 e. The van der Waals surface area contributed by atoms with Crippen molar-refractivity contribution in [2.24, 2.45) is 4.99 Å². The van der Waals surface area contributed by atoms with Crippen molar-refractivity contribution in [3.63, 3.8) is 0 Å². The third-order valence-electron chi connectivity index (χ3n) is 2.58. The van der Waals surface area contributed by atoms with Crippen LogP contribution in [0.3, 0.4) is 0 Å². The number of hydrogen-bond acceptors (Lipinski definition) is 3. The highest BCUT2D eigenvalue weighted by Crippen LogP contribution is 2.22. The van der Waals surface area contributed by atoms with Gasteiger partial charge in [-0.05, 0) is 18.4 Å². The molecule has 0 saturated heterocycles. The van der Waals surface area contributed by atoms with Gasteiger partial charge in [-0.25, -0.2) is 4.99 Å². The van der Waals surface area contributed by atoms with E-state index in [0.29, 0.717) is 0 Å². The first-order valence-corrected chi connectivity index (χ1v) is 5.09. The van der Waals surface area contributed by atoms with Crippen LogP contribution in [-0.4, -0.2) is 16.0 Å². The number of nitriles is 1. The lowest BCUT2D eigenvalue weighted by Crippen LogP contribution is -1.94. The van der Waals surface area contributed by atoms with E-state index in [2.05, 4.69) is 23.2 Å². The molecule has 1 aromatic rings. The molecule has 80 valence electrons. The van der Waals surface area contributed by atoms with Crippen molar-refractivity contribution in [1.29, 1.82) is 5.26 Å². The van der Waals surface area contributed by atoms with Crippen LogP contribution in [0, 0.1) is 11.3 Å². The minimum atomic E-state index is 0.185. The van der Waals surface area contributed by atoms with Gasteiger partial charge in [-0.1, -0.05) is 13.2 Å². The molecule has 0 amide bonds. The lowest BCUT2D eigenvalue weighted by atomic mass is 10.1. The van der Waals surface area contributed by atoms with Gasteiger partial charge < -0.3 is 0 Å². The number of rotatable bonds is 3. The Morgan fingerprint density at radius 2 is 2.44 bits per heavy atom. The van der Waals surface area contributed by atoms with E-state index in [1.807, 2.05) is 10.8 Å². The van der Waals surface area contributed by atoms with Crippen LogP contribution in [0.1, 0.15) is 17.7 Å². The van der Waals surface area contributed by atoms with Gasteiger partial charge in [0.05, 0.1) is 6.20 Å². The maximum Gasteiger partial charge on any atom is 0.133 e. The highest BCUT2D eigenvalue weighted by Gasteiger charge is 2.16. The Bertz CT molecular complexity index is 514. The number of nitrogens with zero attached hydrogens (tertiary/aromatic N) is 4. The molecular weight excluding hydrogens is 200 g/mol. The molecule has 0 spiro atoms. The first-order chi connectivity index (χ1) is 7.72. The summed E-state index contributed by atoms with van der Waals surface area (Å²) in [5.74, 6) is 0. The highest BCUT2D eigenvalue weighted by atomic mass is 15.3. The second-order valence-corrected chi connectivity index (χ2v) is 3.67. The predicted molar refractivity (Wildman–Crippen MR) is 62.8 cm³/mol. The smallest absolute Gasteiger partial charge is 0.133 e. The average molecular weight is 212 g/mol. The average Bonchev–Trinajstić information content (AvgIpc) is 2.86. The van der Waals surface area contributed by atoms with Crippen molar-refractivity contribution in [1.82, 2.24) is 9.78 Å². The van der Waals surface area contributed by atoms with Crippen LogP contribution >= 0.6 is 0 Å². The first kappa shape index (κ1) is 10.4. The molecule has 1 aliphatic rings. The zero-order valence-electron chi connectivity index (χ0n) is 8.98. The van der Waals surface area contributed by atoms with Crippen LogP contribution < -0.4 is 0 Å². The highest BCUT2D eigenvalue weighted by molar-refractivity contribution is 6.09. The van der Waals surface area contributed by atoms with Crippen LogP contribution in [0.15, 0.2) is 30.0 Å². The Hall–Kier alpha value is -2.15. The second kappa shape index (κ2) is 4.15. The van der Waals surface area contributed by atoms with E-state index in [0.717, 1.165) is 30.5 Å². The lowest BCUT2D eigenvalue weighted by molar-refractivity contribution is 0.656. The summed E-state index contributed by atoms with van der Waals surface area (Å²) in [6, 6.07) is 1.86. The monoisotopic (exact) mass is 212 g/mol. The molecule has 0 saturated carbocycles. The molecule has 4 heteroatoms. The van der Waals surface area contributed by atoms with E-state index in [4.69, 9.17) is 5.26 Å². The van der Waals surface area contributed by atoms with Crippen LogP contribution in [0.4, 0.5) is 0 Å². The van der Waals surface area contributed by atoms with Gasteiger partial charge in [0.2, 0.25) is 0 Å². The minimum absolute atomic E-state index is 0.185. The van der Waals surface area contributed by atoms with Crippen LogP contribution in [0.5, 0.6) is 0 Å². The number of fused-ring (bicyclic) bond motifs is 1. The van der Waals surface area contributed by atoms with Gasteiger partial charge in [-0.2, -0.15) is 10.4 Å². The van der Waals surface area contributed by atoms with Crippen molar-refractivity contribution < 1.29 is 0 Å². The normalized spacial score (nSPS) is 13.7. The number of hydrogen-bond donors (Lipinski definition) is 0. The standard InChI is InChI=1S/C12H12N4/c1-9(7-14-10(2)6-13)11-8-15-16-5-3-4-12(11)16/h7-8H,1-5H2/b14-7+. The Balaban J connectivity index is 2.19. The number of allylic oxidation sites excluding steroid dienone is 2. The maximum atomic E-state index is 8.52. The molecule has 0 atom stereocenters. The summed E-state index contributed by atoms with van der Waals surface area (Å²) in [6.45, 7) is 8.38. The van der Waals surface area contributed by atoms with Gasteiger partial charge >= 0.3 is 0 Å². The summed E-state index contributed by atoms with van der Waals surface area (Å²) in [6.07, 6.45) is 5.53. The van der Waals surface area contributed by atoms with Crippen LogP contribution in [0.2, 0.25) is 0 Å². The third kappa shape index (κ3) is 1.80. The number of aromatic nitrogens is 2. The Kier molecular flexibility index (Phi) is 2.69. The summed E-state index contributed by atoms with van der Waals surface area (Å²) in [5.41, 5.74) is 3.19. The van der Waals surface area contributed by atoms with Gasteiger partial charge in [0.25, 0.3) is 0 Å². The molecule has 0 unspecified atom stereocenters. The molecule has 0 radical (unpaired) electrons. The lowest BCUT2D eigenvalue weighted by Gasteiger charge is -1.98. The van der Waals surface area contributed by atoms with Gasteiger partial charge in [0, 0.05) is 24.0 Å². The molecule has 4 nitrogen and oxygen atoms in total. The topological polar surface area (TPSA) is 54.0 Å². The quantitative estimate of drug-likeness (QED) is 0.568. The van der Waals surface area contributed by atoms with E-state index in [1.54, 1.807) is 12.4 Å². The summed E-state index contributed by atoms with van der Waals surface area (Å²) < 4.78 is 1.99. The molecule has 0 fully saturated rings. The SMILES string of the molecule is C=C(C#N)/N=C/C(=C)c1cnn2c1CCC2. The molecule has 1 aromatic heterocycles. The van der Waals surface area contributed by atoms with Crippen molar-refractivity contribution in [3.8, 4) is 6.07 Å². The predicted octanol–water partition coefficient (Wildman–Crippen LogP) is 1.95. The van der Waals surface area contributed by atoms with Crippen molar-refractivity contribution in [2.45, 2.75) is 19.4 Å². The molecule has 1 aliphatic heterocycles. The molecule has 16 heavy (non-hydrogen) atoms. The van der Waals surface area contributed by atoms with Gasteiger partial charge in [0.15, 0.2) is 0 Å². The Labute approximate surface area is 94.2 Å². The van der Waals surface area contributed by atoms with Crippen LogP contribution in [0.25, 0.3) is 5.57 Å². The van der Waals surface area contributed by atoms with Crippen molar-refractivity contribution in [2.75, 3.05) is 0 Å². The molecule has 0 bridgehead atoms. The fourth-order valence-electron chi connectivity index (χ4n) is 1.79. The zero-order chi connectivity index (χ0) is 11.5. The minimum Gasteiger partial charge on any atom is -0.269 e. The molecule has 0 aromatic carbocycles. The summed E-state index contributed by atoms with van der Waals surface area (Å²) in [7, 11) is 0. The number of aryl methyl sites for hydroxylation is 1. The zero-order valence-corrected chi connectivity index (χ0v) is 8.98. The van der Waals surface area contributed by atoms with E-state index in [1.165, 1.54) is 5.69 Å². The summed E-state index contributed by atoms with van der Waals surface area (Å²) >= 11 is 0. The van der Waals surface area contributed by atoms with E-state index in [9.17, 15) is 0 Å². The maximum absolute atomic E-state index is 8.52. The molecule has 0 N–H and O–H groups in total. The van der Waals surface area contributed by atoms with Crippen molar-refractivity contribution >= 4 is 11.8 Å². The third-order valence-corrected chi connectivity index (χ3v) is 2.58. The van der Waals surface area contributed by atoms with E-state index in [-0.39, 0.29) is 5.70 Å². The summed E-state index contributed by atoms with van der Waals surface area (Å²) in [5, 5.41) is 12.8. The van der Waals surface area contributed by atoms with E-state index < -0.39 is 0 Å². The van der Waals surface area contributed by atoms with Gasteiger partial charge in [-0.3, -0.25) is 4.68 Å². The van der Waals surface area contributed by atoms with E-state index >= 15 is 0 Å².